The van der Waals surface area contributed by atoms with E-state index >= 15 is 0 Å². The normalized spacial score (nSPS) is 10.7. The Morgan fingerprint density at radius 2 is 1.21 bits per heavy atom. The number of benzene rings is 3. The molecule has 29 heavy (non-hydrogen) atoms. The van der Waals surface area contributed by atoms with Gasteiger partial charge >= 0.3 is 6.03 Å². The van der Waals surface area contributed by atoms with Crippen molar-refractivity contribution in [1.29, 1.82) is 0 Å². The van der Waals surface area contributed by atoms with Crippen molar-refractivity contribution >= 4 is 17.4 Å². The fraction of sp³-hybridized carbons (Fsp3) is 0.0435. The highest BCUT2D eigenvalue weighted by atomic mass is 16.2. The highest BCUT2D eigenvalue weighted by molar-refractivity contribution is 5.98. The van der Waals surface area contributed by atoms with Gasteiger partial charge in [-0.1, -0.05) is 54.6 Å². The van der Waals surface area contributed by atoms with Gasteiger partial charge in [-0.05, 0) is 43.3 Å². The number of nitrogens with two attached hydrogens (primary N) is 1. The minimum Gasteiger partial charge on any atom is -0.351 e. The van der Waals surface area contributed by atoms with Crippen LogP contribution in [0.15, 0.2) is 95.8 Å². The first kappa shape index (κ1) is 18.3. The maximum Gasteiger partial charge on any atom is 0.324 e. The number of hydrogen-bond donors (Lipinski definition) is 1. The largest absolute Gasteiger partial charge is 0.351 e. The van der Waals surface area contributed by atoms with Crippen molar-refractivity contribution < 1.29 is 4.79 Å². The van der Waals surface area contributed by atoms with Crippen molar-refractivity contribution in [2.75, 3.05) is 4.90 Å². The van der Waals surface area contributed by atoms with Crippen LogP contribution in [-0.4, -0.2) is 15.4 Å². The number of urea groups is 1. The van der Waals surface area contributed by atoms with E-state index in [2.05, 4.69) is 0 Å². The highest BCUT2D eigenvalue weighted by Crippen LogP contribution is 2.28. The first-order valence-corrected chi connectivity index (χ1v) is 9.19. The number of para-hydroxylation sites is 3. The number of primary amides is 1. The van der Waals surface area contributed by atoms with E-state index < -0.39 is 6.03 Å². The molecule has 0 fully saturated rings. The van der Waals surface area contributed by atoms with Crippen molar-refractivity contribution in [1.82, 2.24) is 9.36 Å². The molecule has 0 aliphatic rings. The van der Waals surface area contributed by atoms with Crippen LogP contribution >= 0.6 is 0 Å². The van der Waals surface area contributed by atoms with Crippen molar-refractivity contribution in [3.8, 4) is 11.4 Å². The molecule has 3 aromatic carbocycles. The topological polar surface area (TPSA) is 73.3 Å². The maximum atomic E-state index is 13.6. The van der Waals surface area contributed by atoms with Crippen LogP contribution in [0, 0.1) is 6.92 Å². The van der Waals surface area contributed by atoms with E-state index in [1.807, 2.05) is 73.7 Å². The second-order valence-electron chi connectivity index (χ2n) is 6.54. The molecule has 4 aromatic rings. The average Bonchev–Trinajstić information content (AvgIpc) is 3.01. The zero-order chi connectivity index (χ0) is 20.4. The Morgan fingerprint density at radius 3 is 1.69 bits per heavy atom. The van der Waals surface area contributed by atoms with E-state index in [0.717, 1.165) is 5.69 Å². The predicted octanol–water partition coefficient (Wildman–Crippen LogP) is 4.15. The monoisotopic (exact) mass is 384 g/mol. The van der Waals surface area contributed by atoms with E-state index in [0.29, 0.717) is 17.1 Å². The van der Waals surface area contributed by atoms with Gasteiger partial charge in [0.25, 0.3) is 5.56 Å². The zero-order valence-electron chi connectivity index (χ0n) is 15.9. The van der Waals surface area contributed by atoms with Gasteiger partial charge in [-0.25, -0.2) is 14.2 Å². The summed E-state index contributed by atoms with van der Waals surface area (Å²) in [4.78, 5) is 27.2. The molecule has 0 saturated carbocycles. The van der Waals surface area contributed by atoms with Crippen molar-refractivity contribution in [3.63, 3.8) is 0 Å². The second-order valence-corrected chi connectivity index (χ2v) is 6.54. The van der Waals surface area contributed by atoms with E-state index in [9.17, 15) is 9.59 Å². The van der Waals surface area contributed by atoms with Gasteiger partial charge in [0, 0.05) is 0 Å². The fourth-order valence-corrected chi connectivity index (χ4v) is 3.48. The summed E-state index contributed by atoms with van der Waals surface area (Å²) in [6.45, 7) is 1.81. The Labute approximate surface area is 168 Å². The third-order valence-corrected chi connectivity index (χ3v) is 4.72. The molecule has 0 aliphatic heterocycles. The molecule has 0 radical (unpaired) electrons. The number of rotatable bonds is 4. The third kappa shape index (κ3) is 3.21. The Balaban J connectivity index is 2.06. The first-order chi connectivity index (χ1) is 14.1. The molecule has 4 rings (SSSR count). The maximum absolute atomic E-state index is 13.6. The third-order valence-electron chi connectivity index (χ3n) is 4.72. The number of carbonyl (C=O) groups is 1. The van der Waals surface area contributed by atoms with Crippen molar-refractivity contribution in [2.45, 2.75) is 6.92 Å². The Bertz CT molecular complexity index is 1200. The van der Waals surface area contributed by atoms with Gasteiger partial charge in [0.2, 0.25) is 0 Å². The van der Waals surface area contributed by atoms with Gasteiger partial charge in [-0.15, -0.1) is 0 Å². The average molecular weight is 384 g/mol. The SMILES string of the molecule is Cc1c(N(C(N)=O)c2ccccc2)c(=O)n(-c2ccccc2)n1-c1ccccc1. The van der Waals surface area contributed by atoms with Gasteiger partial charge in [0.15, 0.2) is 0 Å². The van der Waals surface area contributed by atoms with E-state index in [1.165, 1.54) is 4.90 Å². The van der Waals surface area contributed by atoms with Gasteiger partial charge in [-0.3, -0.25) is 9.69 Å². The molecule has 1 aromatic heterocycles. The number of anilines is 2. The van der Waals surface area contributed by atoms with Crippen molar-refractivity contribution in [2.24, 2.45) is 5.73 Å². The molecule has 6 nitrogen and oxygen atoms in total. The van der Waals surface area contributed by atoms with Crippen LogP contribution in [0.5, 0.6) is 0 Å². The number of aromatic nitrogens is 2. The molecule has 0 aliphatic carbocycles. The molecule has 2 amide bonds. The standard InChI is InChI=1S/C23H20N4O2/c1-17-21(25(23(24)29)18-11-5-2-6-12-18)22(28)27(20-15-9-4-10-16-20)26(17)19-13-7-3-8-14-19/h2-16H,1H3,(H2,24,29). The lowest BCUT2D eigenvalue weighted by molar-refractivity contribution is 0.256. The summed E-state index contributed by atoms with van der Waals surface area (Å²) in [5.41, 5.74) is 8.22. The molecule has 144 valence electrons. The van der Waals surface area contributed by atoms with E-state index in [4.69, 9.17) is 5.73 Å². The van der Waals surface area contributed by atoms with Crippen LogP contribution in [0.2, 0.25) is 0 Å². The van der Waals surface area contributed by atoms with Crippen LogP contribution in [-0.2, 0) is 0 Å². The second kappa shape index (κ2) is 7.52. The predicted molar refractivity (Wildman–Crippen MR) is 114 cm³/mol. The lowest BCUT2D eigenvalue weighted by Crippen LogP contribution is -2.35. The minimum absolute atomic E-state index is 0.219. The molecule has 0 bridgehead atoms. The summed E-state index contributed by atoms with van der Waals surface area (Å²) in [5, 5.41) is 0. The van der Waals surface area contributed by atoms with E-state index in [-0.39, 0.29) is 11.2 Å². The smallest absolute Gasteiger partial charge is 0.324 e. The van der Waals surface area contributed by atoms with E-state index in [1.54, 1.807) is 33.6 Å². The molecular formula is C23H20N4O2. The summed E-state index contributed by atoms with van der Waals surface area (Å²) in [7, 11) is 0. The Morgan fingerprint density at radius 1 is 0.759 bits per heavy atom. The lowest BCUT2D eigenvalue weighted by Gasteiger charge is -2.19. The van der Waals surface area contributed by atoms with Crippen LogP contribution < -0.4 is 16.2 Å². The van der Waals surface area contributed by atoms with Crippen LogP contribution in [0.4, 0.5) is 16.2 Å². The quantitative estimate of drug-likeness (QED) is 0.574. The summed E-state index contributed by atoms with van der Waals surface area (Å²) >= 11 is 0. The Kier molecular flexibility index (Phi) is 4.75. The van der Waals surface area contributed by atoms with Gasteiger partial charge in [0.05, 0.1) is 22.8 Å². The Hall–Kier alpha value is -4.06. The van der Waals surface area contributed by atoms with Crippen molar-refractivity contribution in [3.05, 3.63) is 107 Å². The van der Waals surface area contributed by atoms with Gasteiger partial charge in [-0.2, -0.15) is 0 Å². The molecule has 2 N–H and O–H groups in total. The number of carbonyl (C=O) groups excluding carboxylic acids is 1. The lowest BCUT2D eigenvalue weighted by atomic mass is 10.2. The van der Waals surface area contributed by atoms with Crippen LogP contribution in [0.1, 0.15) is 5.69 Å². The zero-order valence-corrected chi connectivity index (χ0v) is 15.9. The first-order valence-electron chi connectivity index (χ1n) is 9.19. The molecule has 1 heterocycles. The van der Waals surface area contributed by atoms with Crippen LogP contribution in [0.3, 0.4) is 0 Å². The molecule has 0 saturated heterocycles. The molecule has 6 heteroatoms. The number of amides is 2. The fourth-order valence-electron chi connectivity index (χ4n) is 3.48. The summed E-state index contributed by atoms with van der Waals surface area (Å²) < 4.78 is 3.35. The number of nitrogens with zero attached hydrogens (tertiary/aromatic N) is 3. The van der Waals surface area contributed by atoms with Gasteiger partial charge in [0.1, 0.15) is 5.69 Å². The molecule has 0 spiro atoms. The van der Waals surface area contributed by atoms with Crippen LogP contribution in [0.25, 0.3) is 11.4 Å². The van der Waals surface area contributed by atoms with Gasteiger partial charge < -0.3 is 5.73 Å². The highest BCUT2D eigenvalue weighted by Gasteiger charge is 2.27. The number of hydrogen-bond acceptors (Lipinski definition) is 2. The molecule has 0 unspecified atom stereocenters. The minimum atomic E-state index is -0.721. The summed E-state index contributed by atoms with van der Waals surface area (Å²) in [6, 6.07) is 27.0. The summed E-state index contributed by atoms with van der Waals surface area (Å²) in [6.07, 6.45) is 0. The molecular weight excluding hydrogens is 364 g/mol. The molecule has 0 atom stereocenters. The summed E-state index contributed by atoms with van der Waals surface area (Å²) in [5.74, 6) is 0.